The van der Waals surface area contributed by atoms with E-state index >= 15 is 0 Å². The lowest BCUT2D eigenvalue weighted by atomic mass is 10.1. The zero-order chi connectivity index (χ0) is 15.2. The van der Waals surface area contributed by atoms with Crippen molar-refractivity contribution in [2.45, 2.75) is 20.8 Å². The van der Waals surface area contributed by atoms with Crippen molar-refractivity contribution in [2.24, 2.45) is 0 Å². The number of aryl methyl sites for hydroxylation is 1. The van der Waals surface area contributed by atoms with Gasteiger partial charge in [-0.05, 0) is 32.5 Å². The summed E-state index contributed by atoms with van der Waals surface area (Å²) in [7, 11) is 0. The van der Waals surface area contributed by atoms with Crippen LogP contribution in [0.15, 0.2) is 18.2 Å². The zero-order valence-electron chi connectivity index (χ0n) is 13.4. The molecule has 1 saturated heterocycles. The van der Waals surface area contributed by atoms with Crippen molar-refractivity contribution < 1.29 is 9.53 Å². The maximum absolute atomic E-state index is 12.6. The molecule has 1 heterocycles. The van der Waals surface area contributed by atoms with E-state index in [-0.39, 0.29) is 5.78 Å². The van der Waals surface area contributed by atoms with Crippen molar-refractivity contribution in [3.8, 4) is 5.75 Å². The van der Waals surface area contributed by atoms with Crippen LogP contribution >= 0.6 is 0 Å². The lowest BCUT2D eigenvalue weighted by Crippen LogP contribution is -2.47. The number of nitrogens with zero attached hydrogens (tertiary/aromatic N) is 2. The van der Waals surface area contributed by atoms with E-state index in [0.29, 0.717) is 18.9 Å². The van der Waals surface area contributed by atoms with Gasteiger partial charge in [-0.15, -0.1) is 0 Å². The van der Waals surface area contributed by atoms with Crippen LogP contribution in [0.1, 0.15) is 29.8 Å². The smallest absolute Gasteiger partial charge is 0.180 e. The number of hydrogen-bond donors (Lipinski definition) is 0. The lowest BCUT2D eigenvalue weighted by Gasteiger charge is -2.33. The van der Waals surface area contributed by atoms with Gasteiger partial charge >= 0.3 is 0 Å². The summed E-state index contributed by atoms with van der Waals surface area (Å²) in [6.45, 7) is 12.3. The minimum atomic E-state index is 0.159. The maximum Gasteiger partial charge on any atom is 0.180 e. The fourth-order valence-electron chi connectivity index (χ4n) is 2.69. The van der Waals surface area contributed by atoms with Gasteiger partial charge in [-0.3, -0.25) is 9.69 Å². The molecule has 1 aliphatic rings. The molecule has 1 aromatic carbocycles. The Bertz CT molecular complexity index is 480. The largest absolute Gasteiger partial charge is 0.493 e. The molecule has 0 N–H and O–H groups in total. The number of rotatable bonds is 6. The molecule has 116 valence electrons. The van der Waals surface area contributed by atoms with E-state index in [9.17, 15) is 4.79 Å². The summed E-state index contributed by atoms with van der Waals surface area (Å²) in [5, 5.41) is 0. The minimum absolute atomic E-state index is 0.159. The summed E-state index contributed by atoms with van der Waals surface area (Å²) >= 11 is 0. The fourth-order valence-corrected chi connectivity index (χ4v) is 2.69. The van der Waals surface area contributed by atoms with Gasteiger partial charge < -0.3 is 9.64 Å². The first-order chi connectivity index (χ1) is 10.1. The van der Waals surface area contributed by atoms with E-state index < -0.39 is 0 Å². The highest BCUT2D eigenvalue weighted by molar-refractivity contribution is 6.00. The first-order valence-electron chi connectivity index (χ1n) is 7.85. The van der Waals surface area contributed by atoms with Crippen LogP contribution in [0.5, 0.6) is 5.75 Å². The van der Waals surface area contributed by atoms with E-state index in [4.69, 9.17) is 4.74 Å². The quantitative estimate of drug-likeness (QED) is 0.752. The SMILES string of the molecule is CCOc1ccc(C)cc1C(=O)CN1CCN(CC)CC1. The first kappa shape index (κ1) is 16.0. The molecule has 1 fully saturated rings. The van der Waals surface area contributed by atoms with Crippen molar-refractivity contribution in [3.05, 3.63) is 29.3 Å². The Kier molecular flexibility index (Phi) is 5.76. The zero-order valence-corrected chi connectivity index (χ0v) is 13.4. The van der Waals surface area contributed by atoms with Crippen LogP contribution in [-0.2, 0) is 0 Å². The highest BCUT2D eigenvalue weighted by Crippen LogP contribution is 2.21. The van der Waals surface area contributed by atoms with Crippen molar-refractivity contribution in [1.29, 1.82) is 0 Å². The number of ketones is 1. The Morgan fingerprint density at radius 3 is 2.43 bits per heavy atom. The van der Waals surface area contributed by atoms with Crippen molar-refractivity contribution in [2.75, 3.05) is 45.9 Å². The topological polar surface area (TPSA) is 32.8 Å². The molecular formula is C17H26N2O2. The molecule has 0 unspecified atom stereocenters. The Labute approximate surface area is 127 Å². The summed E-state index contributed by atoms with van der Waals surface area (Å²) < 4.78 is 5.59. The number of carbonyl (C=O) groups is 1. The lowest BCUT2D eigenvalue weighted by molar-refractivity contribution is 0.0855. The monoisotopic (exact) mass is 290 g/mol. The molecule has 1 aliphatic heterocycles. The number of hydrogen-bond acceptors (Lipinski definition) is 4. The van der Waals surface area contributed by atoms with Gasteiger partial charge in [0.1, 0.15) is 5.75 Å². The molecule has 2 rings (SSSR count). The molecule has 0 aromatic heterocycles. The summed E-state index contributed by atoms with van der Waals surface area (Å²) in [5.41, 5.74) is 1.81. The van der Waals surface area contributed by atoms with E-state index in [1.807, 2.05) is 32.0 Å². The predicted molar refractivity (Wildman–Crippen MR) is 85.2 cm³/mol. The Morgan fingerprint density at radius 2 is 1.81 bits per heavy atom. The third kappa shape index (κ3) is 4.29. The van der Waals surface area contributed by atoms with Gasteiger partial charge in [-0.1, -0.05) is 18.6 Å². The van der Waals surface area contributed by atoms with Crippen molar-refractivity contribution in [1.82, 2.24) is 9.80 Å². The Hall–Kier alpha value is -1.39. The van der Waals surface area contributed by atoms with Crippen LogP contribution in [0, 0.1) is 6.92 Å². The Balaban J connectivity index is 2.01. The van der Waals surface area contributed by atoms with Gasteiger partial charge in [-0.2, -0.15) is 0 Å². The van der Waals surface area contributed by atoms with Gasteiger partial charge in [0, 0.05) is 26.2 Å². The highest BCUT2D eigenvalue weighted by Gasteiger charge is 2.20. The molecule has 4 heteroatoms. The molecule has 0 aliphatic carbocycles. The number of likely N-dealkylation sites (N-methyl/N-ethyl adjacent to an activating group) is 1. The summed E-state index contributed by atoms with van der Waals surface area (Å²) in [5.74, 6) is 0.868. The molecule has 0 atom stereocenters. The van der Waals surface area contributed by atoms with Crippen LogP contribution in [0.3, 0.4) is 0 Å². The Morgan fingerprint density at radius 1 is 1.14 bits per heavy atom. The molecular weight excluding hydrogens is 264 g/mol. The fraction of sp³-hybridized carbons (Fsp3) is 0.588. The van der Waals surface area contributed by atoms with E-state index in [2.05, 4.69) is 16.7 Å². The van der Waals surface area contributed by atoms with Crippen LogP contribution in [0.4, 0.5) is 0 Å². The number of ether oxygens (including phenoxy) is 1. The van der Waals surface area contributed by atoms with Crippen LogP contribution in [-0.4, -0.2) is 61.5 Å². The third-order valence-electron chi connectivity index (χ3n) is 4.01. The highest BCUT2D eigenvalue weighted by atomic mass is 16.5. The number of carbonyl (C=O) groups excluding carboxylic acids is 1. The molecule has 1 aromatic rings. The molecule has 4 nitrogen and oxygen atoms in total. The molecule has 0 radical (unpaired) electrons. The molecule has 0 bridgehead atoms. The number of benzene rings is 1. The van der Waals surface area contributed by atoms with Crippen LogP contribution < -0.4 is 4.74 Å². The normalized spacial score (nSPS) is 16.9. The van der Waals surface area contributed by atoms with E-state index in [0.717, 1.165) is 43.9 Å². The predicted octanol–water partition coefficient (Wildman–Crippen LogP) is 2.21. The second-order valence-corrected chi connectivity index (χ2v) is 5.57. The second-order valence-electron chi connectivity index (χ2n) is 5.57. The molecule has 0 amide bonds. The maximum atomic E-state index is 12.6. The van der Waals surface area contributed by atoms with E-state index in [1.165, 1.54) is 0 Å². The summed E-state index contributed by atoms with van der Waals surface area (Å²) in [6.07, 6.45) is 0. The summed E-state index contributed by atoms with van der Waals surface area (Å²) in [4.78, 5) is 17.2. The summed E-state index contributed by atoms with van der Waals surface area (Å²) in [6, 6.07) is 5.83. The second kappa shape index (κ2) is 7.57. The molecule has 0 saturated carbocycles. The standard InChI is InChI=1S/C17H26N2O2/c1-4-18-8-10-19(11-9-18)13-16(20)15-12-14(3)6-7-17(15)21-5-2/h6-7,12H,4-5,8-11,13H2,1-3H3. The van der Waals surface area contributed by atoms with Crippen LogP contribution in [0.25, 0.3) is 0 Å². The van der Waals surface area contributed by atoms with Gasteiger partial charge in [0.05, 0.1) is 18.7 Å². The molecule has 21 heavy (non-hydrogen) atoms. The van der Waals surface area contributed by atoms with Crippen LogP contribution in [0.2, 0.25) is 0 Å². The van der Waals surface area contributed by atoms with Crippen molar-refractivity contribution >= 4 is 5.78 Å². The van der Waals surface area contributed by atoms with Gasteiger partial charge in [0.2, 0.25) is 0 Å². The number of piperazine rings is 1. The number of Topliss-reactive ketones (excluding diaryl/α,β-unsaturated/α-hetero) is 1. The average Bonchev–Trinajstić information content (AvgIpc) is 2.50. The third-order valence-corrected chi connectivity index (χ3v) is 4.01. The van der Waals surface area contributed by atoms with Gasteiger partial charge in [0.25, 0.3) is 0 Å². The average molecular weight is 290 g/mol. The van der Waals surface area contributed by atoms with Gasteiger partial charge in [-0.25, -0.2) is 0 Å². The first-order valence-corrected chi connectivity index (χ1v) is 7.85. The van der Waals surface area contributed by atoms with Gasteiger partial charge in [0.15, 0.2) is 5.78 Å². The van der Waals surface area contributed by atoms with E-state index in [1.54, 1.807) is 0 Å². The molecule has 0 spiro atoms. The van der Waals surface area contributed by atoms with Crippen molar-refractivity contribution in [3.63, 3.8) is 0 Å². The minimum Gasteiger partial charge on any atom is -0.493 e.